The Balaban J connectivity index is 1.95. The van der Waals surface area contributed by atoms with Crippen LogP contribution in [0.2, 0.25) is 0 Å². The number of nitrogens with zero attached hydrogens (tertiary/aromatic N) is 1. The number of ether oxygens (including phenoxy) is 2. The molecule has 2 rings (SSSR count). The Bertz CT molecular complexity index is 828. The molecule has 2 atom stereocenters. The minimum absolute atomic E-state index is 0.238. The zero-order valence-electron chi connectivity index (χ0n) is 17.4. The van der Waals surface area contributed by atoms with E-state index in [1.165, 1.54) is 16.7 Å². The molecule has 31 heavy (non-hydrogen) atoms. The SMILES string of the molecule is CCOC(=O)CCSC=C(C)C1C(NC(=O)COc2ccccc2)C(=O)N1CC(=O)O. The Morgan fingerprint density at radius 1 is 1.26 bits per heavy atom. The molecule has 1 aromatic rings. The Morgan fingerprint density at radius 3 is 2.61 bits per heavy atom. The Kier molecular flexibility index (Phi) is 9.39. The number of amides is 2. The molecule has 1 heterocycles. The van der Waals surface area contributed by atoms with E-state index in [-0.39, 0.29) is 19.0 Å². The molecule has 168 valence electrons. The molecular weight excluding hydrogens is 424 g/mol. The summed E-state index contributed by atoms with van der Waals surface area (Å²) in [6.07, 6.45) is 0.238. The molecule has 0 radical (unpaired) electrons. The highest BCUT2D eigenvalue weighted by Gasteiger charge is 2.49. The first kappa shape index (κ1) is 24.3. The fourth-order valence-corrected chi connectivity index (χ4v) is 3.84. The maximum Gasteiger partial charge on any atom is 0.323 e. The van der Waals surface area contributed by atoms with Crippen LogP contribution in [-0.4, -0.2) is 71.4 Å². The number of carboxylic acids is 1. The number of likely N-dealkylation sites (tertiary alicyclic amines) is 1. The Hall–Kier alpha value is -3.01. The van der Waals surface area contributed by atoms with Crippen molar-refractivity contribution in [2.45, 2.75) is 32.4 Å². The first-order valence-electron chi connectivity index (χ1n) is 9.76. The number of rotatable bonds is 12. The van der Waals surface area contributed by atoms with Crippen LogP contribution in [0.5, 0.6) is 5.75 Å². The second kappa shape index (κ2) is 12.0. The first-order valence-corrected chi connectivity index (χ1v) is 10.8. The summed E-state index contributed by atoms with van der Waals surface area (Å²) in [7, 11) is 0. The largest absolute Gasteiger partial charge is 0.484 e. The fourth-order valence-electron chi connectivity index (χ4n) is 3.04. The van der Waals surface area contributed by atoms with E-state index >= 15 is 0 Å². The molecule has 10 heteroatoms. The van der Waals surface area contributed by atoms with E-state index in [1.54, 1.807) is 43.5 Å². The van der Waals surface area contributed by atoms with Gasteiger partial charge in [-0.3, -0.25) is 19.2 Å². The van der Waals surface area contributed by atoms with Crippen molar-refractivity contribution in [3.63, 3.8) is 0 Å². The van der Waals surface area contributed by atoms with Gasteiger partial charge in [-0.15, -0.1) is 11.8 Å². The molecule has 2 unspecified atom stereocenters. The molecule has 0 aliphatic carbocycles. The van der Waals surface area contributed by atoms with Gasteiger partial charge in [0.2, 0.25) is 5.91 Å². The average Bonchev–Trinajstić information content (AvgIpc) is 2.74. The number of benzene rings is 1. The second-order valence-electron chi connectivity index (χ2n) is 6.74. The number of carbonyl (C=O) groups is 4. The van der Waals surface area contributed by atoms with Gasteiger partial charge in [0.15, 0.2) is 6.61 Å². The third-order valence-electron chi connectivity index (χ3n) is 4.40. The number of nitrogens with one attached hydrogen (secondary N) is 1. The zero-order chi connectivity index (χ0) is 22.8. The van der Waals surface area contributed by atoms with E-state index in [0.717, 1.165) is 0 Å². The fraction of sp³-hybridized carbons (Fsp3) is 0.429. The highest BCUT2D eigenvalue weighted by atomic mass is 32.2. The van der Waals surface area contributed by atoms with Crippen molar-refractivity contribution in [1.29, 1.82) is 0 Å². The number of para-hydroxylation sites is 1. The van der Waals surface area contributed by atoms with Crippen LogP contribution in [0.15, 0.2) is 41.3 Å². The van der Waals surface area contributed by atoms with E-state index in [9.17, 15) is 19.2 Å². The van der Waals surface area contributed by atoms with Gasteiger partial charge in [0.25, 0.3) is 5.91 Å². The van der Waals surface area contributed by atoms with E-state index in [2.05, 4.69) is 5.32 Å². The number of hydrogen-bond donors (Lipinski definition) is 2. The van der Waals surface area contributed by atoms with Gasteiger partial charge in [-0.2, -0.15) is 0 Å². The molecule has 2 amide bonds. The maximum absolute atomic E-state index is 12.4. The highest BCUT2D eigenvalue weighted by Crippen LogP contribution is 2.28. The van der Waals surface area contributed by atoms with Crippen molar-refractivity contribution in [3.05, 3.63) is 41.3 Å². The standard InChI is InChI=1S/C21H26N2O7S/c1-3-29-18(27)9-10-31-13-14(2)20-19(21(28)23(20)11-17(25)26)22-16(24)12-30-15-7-5-4-6-8-15/h4-8,13,19-20H,3,9-12H2,1-2H3,(H,22,24)(H,25,26). The lowest BCUT2D eigenvalue weighted by molar-refractivity contribution is -0.158. The van der Waals surface area contributed by atoms with Crippen LogP contribution in [0.3, 0.4) is 0 Å². The maximum atomic E-state index is 12.4. The lowest BCUT2D eigenvalue weighted by Crippen LogP contribution is -2.72. The summed E-state index contributed by atoms with van der Waals surface area (Å²) in [6.45, 7) is 3.08. The van der Waals surface area contributed by atoms with Crippen molar-refractivity contribution in [2.75, 3.05) is 25.5 Å². The smallest absolute Gasteiger partial charge is 0.323 e. The zero-order valence-corrected chi connectivity index (χ0v) is 18.2. The van der Waals surface area contributed by atoms with Crippen molar-refractivity contribution in [3.8, 4) is 5.75 Å². The predicted octanol–water partition coefficient (Wildman–Crippen LogP) is 1.44. The van der Waals surface area contributed by atoms with Gasteiger partial charge in [0, 0.05) is 5.75 Å². The Morgan fingerprint density at radius 2 is 1.97 bits per heavy atom. The van der Waals surface area contributed by atoms with Crippen LogP contribution in [0.4, 0.5) is 0 Å². The number of thioether (sulfide) groups is 1. The molecule has 9 nitrogen and oxygen atoms in total. The summed E-state index contributed by atoms with van der Waals surface area (Å²) in [5.74, 6) is -1.38. The molecule has 1 aliphatic rings. The highest BCUT2D eigenvalue weighted by molar-refractivity contribution is 8.02. The number of carbonyl (C=O) groups excluding carboxylic acids is 3. The Labute approximate surface area is 184 Å². The summed E-state index contributed by atoms with van der Waals surface area (Å²) >= 11 is 1.36. The van der Waals surface area contributed by atoms with Gasteiger partial charge in [-0.25, -0.2) is 0 Å². The van der Waals surface area contributed by atoms with Crippen LogP contribution in [0.25, 0.3) is 0 Å². The summed E-state index contributed by atoms with van der Waals surface area (Å²) in [5.41, 5.74) is 0.712. The first-order chi connectivity index (χ1) is 14.8. The van der Waals surface area contributed by atoms with E-state index in [0.29, 0.717) is 23.7 Å². The predicted molar refractivity (Wildman–Crippen MR) is 114 cm³/mol. The minimum atomic E-state index is -1.14. The van der Waals surface area contributed by atoms with Crippen molar-refractivity contribution in [1.82, 2.24) is 10.2 Å². The van der Waals surface area contributed by atoms with Gasteiger partial charge >= 0.3 is 11.9 Å². The minimum Gasteiger partial charge on any atom is -0.484 e. The van der Waals surface area contributed by atoms with E-state index in [1.807, 2.05) is 6.07 Å². The van der Waals surface area contributed by atoms with Crippen LogP contribution < -0.4 is 10.1 Å². The number of aliphatic carboxylic acids is 1. The molecule has 0 saturated carbocycles. The monoisotopic (exact) mass is 450 g/mol. The lowest BCUT2D eigenvalue weighted by atomic mass is 9.89. The van der Waals surface area contributed by atoms with Crippen molar-refractivity contribution >= 4 is 35.5 Å². The third kappa shape index (κ3) is 7.32. The lowest BCUT2D eigenvalue weighted by Gasteiger charge is -2.47. The van der Waals surface area contributed by atoms with E-state index in [4.69, 9.17) is 14.6 Å². The van der Waals surface area contributed by atoms with Crippen molar-refractivity contribution in [2.24, 2.45) is 0 Å². The second-order valence-corrected chi connectivity index (χ2v) is 7.72. The van der Waals surface area contributed by atoms with Crippen LogP contribution in [0.1, 0.15) is 20.3 Å². The normalized spacial score (nSPS) is 18.2. The quantitative estimate of drug-likeness (QED) is 0.279. The molecular formula is C21H26N2O7S. The number of hydrogen-bond acceptors (Lipinski definition) is 7. The average molecular weight is 451 g/mol. The van der Waals surface area contributed by atoms with E-state index < -0.39 is 36.4 Å². The number of carboxylic acid groups (broad SMARTS) is 1. The summed E-state index contributed by atoms with van der Waals surface area (Å²) < 4.78 is 10.3. The number of esters is 1. The van der Waals surface area contributed by atoms with Crippen LogP contribution in [0, 0.1) is 0 Å². The van der Waals surface area contributed by atoms with Gasteiger partial charge < -0.3 is 24.8 Å². The summed E-state index contributed by atoms with van der Waals surface area (Å²) in [6, 6.07) is 7.33. The molecule has 0 aromatic heterocycles. The van der Waals surface area contributed by atoms with Crippen LogP contribution >= 0.6 is 11.8 Å². The topological polar surface area (TPSA) is 122 Å². The molecule has 0 spiro atoms. The van der Waals surface area contributed by atoms with Gasteiger partial charge in [-0.05, 0) is 37.0 Å². The molecule has 1 aliphatic heterocycles. The molecule has 1 fully saturated rings. The van der Waals surface area contributed by atoms with Crippen LogP contribution in [-0.2, 0) is 23.9 Å². The molecule has 2 N–H and O–H groups in total. The molecule has 0 bridgehead atoms. The number of β-lactam (4-membered cyclic amide) rings is 1. The third-order valence-corrected chi connectivity index (χ3v) is 5.38. The van der Waals surface area contributed by atoms with Gasteiger partial charge in [-0.1, -0.05) is 18.2 Å². The van der Waals surface area contributed by atoms with Gasteiger partial charge in [0.05, 0.1) is 19.1 Å². The molecule has 1 saturated heterocycles. The summed E-state index contributed by atoms with van der Waals surface area (Å²) in [5, 5.41) is 13.5. The van der Waals surface area contributed by atoms with Gasteiger partial charge in [0.1, 0.15) is 18.3 Å². The summed E-state index contributed by atoms with van der Waals surface area (Å²) in [4.78, 5) is 48.4. The molecule has 1 aromatic carbocycles. The van der Waals surface area contributed by atoms with Crippen molar-refractivity contribution < 1.29 is 33.8 Å².